The second-order valence-corrected chi connectivity index (χ2v) is 7.40. The average molecular weight is 367 g/mol. The Bertz CT molecular complexity index is 852. The highest BCUT2D eigenvalue weighted by Crippen LogP contribution is 2.29. The van der Waals surface area contributed by atoms with Gasteiger partial charge in [0.15, 0.2) is 0 Å². The SMILES string of the molecule is Cc1cc(NC(=O)C2CC(=O)N(c3ccc(N4CCCC4)cc3)C2)n(C)n1. The van der Waals surface area contributed by atoms with E-state index in [1.807, 2.05) is 25.1 Å². The highest BCUT2D eigenvalue weighted by Gasteiger charge is 2.35. The lowest BCUT2D eigenvalue weighted by Gasteiger charge is -2.20. The number of nitrogens with zero attached hydrogens (tertiary/aromatic N) is 4. The van der Waals surface area contributed by atoms with Crippen LogP contribution in [0.1, 0.15) is 25.0 Å². The fourth-order valence-electron chi connectivity index (χ4n) is 3.91. The van der Waals surface area contributed by atoms with Gasteiger partial charge in [-0.25, -0.2) is 0 Å². The van der Waals surface area contributed by atoms with Gasteiger partial charge in [0, 0.05) is 50.5 Å². The summed E-state index contributed by atoms with van der Waals surface area (Å²) in [5.74, 6) is 0.150. The molecule has 2 fully saturated rings. The Morgan fingerprint density at radius 1 is 1.15 bits per heavy atom. The Labute approximate surface area is 158 Å². The number of rotatable bonds is 4. The molecule has 1 aromatic carbocycles. The lowest BCUT2D eigenvalue weighted by molar-refractivity contribution is -0.122. The first-order valence-corrected chi connectivity index (χ1v) is 9.48. The fraction of sp³-hybridized carbons (Fsp3) is 0.450. The van der Waals surface area contributed by atoms with Crippen LogP contribution in [0.2, 0.25) is 0 Å². The summed E-state index contributed by atoms with van der Waals surface area (Å²) in [6, 6.07) is 9.93. The van der Waals surface area contributed by atoms with Gasteiger partial charge in [-0.15, -0.1) is 0 Å². The Morgan fingerprint density at radius 3 is 2.44 bits per heavy atom. The first-order valence-electron chi connectivity index (χ1n) is 9.48. The van der Waals surface area contributed by atoms with Crippen LogP contribution in [0, 0.1) is 12.8 Å². The van der Waals surface area contributed by atoms with E-state index in [4.69, 9.17) is 0 Å². The van der Waals surface area contributed by atoms with Crippen LogP contribution in [0.15, 0.2) is 30.3 Å². The van der Waals surface area contributed by atoms with Gasteiger partial charge in [0.25, 0.3) is 0 Å². The lowest BCUT2D eigenvalue weighted by Crippen LogP contribution is -2.28. The van der Waals surface area contributed by atoms with Crippen molar-refractivity contribution in [2.24, 2.45) is 13.0 Å². The molecule has 4 rings (SSSR count). The second kappa shape index (κ2) is 7.06. The molecule has 0 bridgehead atoms. The summed E-state index contributed by atoms with van der Waals surface area (Å²) in [6.45, 7) is 4.47. The van der Waals surface area contributed by atoms with Gasteiger partial charge in [0.05, 0.1) is 11.6 Å². The van der Waals surface area contributed by atoms with E-state index in [9.17, 15) is 9.59 Å². The smallest absolute Gasteiger partial charge is 0.230 e. The van der Waals surface area contributed by atoms with E-state index in [0.29, 0.717) is 12.4 Å². The van der Waals surface area contributed by atoms with Crippen LogP contribution >= 0.6 is 0 Å². The number of amides is 2. The van der Waals surface area contributed by atoms with Gasteiger partial charge in [-0.05, 0) is 44.0 Å². The minimum atomic E-state index is -0.356. The number of hydrogen-bond donors (Lipinski definition) is 1. The average Bonchev–Trinajstić information content (AvgIpc) is 3.36. The van der Waals surface area contributed by atoms with Crippen molar-refractivity contribution in [3.63, 3.8) is 0 Å². The van der Waals surface area contributed by atoms with Crippen molar-refractivity contribution >= 4 is 29.0 Å². The third-order valence-corrected chi connectivity index (χ3v) is 5.38. The zero-order chi connectivity index (χ0) is 19.0. The third kappa shape index (κ3) is 3.54. The van der Waals surface area contributed by atoms with Crippen molar-refractivity contribution in [3.8, 4) is 0 Å². The van der Waals surface area contributed by atoms with Crippen LogP contribution in [-0.4, -0.2) is 41.2 Å². The molecule has 142 valence electrons. The number of anilines is 3. The molecule has 1 aromatic heterocycles. The topological polar surface area (TPSA) is 70.5 Å². The zero-order valence-electron chi connectivity index (χ0n) is 15.8. The molecule has 2 aliphatic rings. The largest absolute Gasteiger partial charge is 0.372 e. The molecule has 0 radical (unpaired) electrons. The molecule has 1 atom stereocenters. The van der Waals surface area contributed by atoms with E-state index in [1.165, 1.54) is 18.5 Å². The number of benzene rings is 1. The molecule has 0 saturated carbocycles. The van der Waals surface area contributed by atoms with Crippen LogP contribution < -0.4 is 15.1 Å². The molecule has 3 heterocycles. The van der Waals surface area contributed by atoms with Crippen molar-refractivity contribution < 1.29 is 9.59 Å². The maximum atomic E-state index is 12.6. The quantitative estimate of drug-likeness (QED) is 0.900. The molecular formula is C20H25N5O2. The Hall–Kier alpha value is -2.83. The number of aromatic nitrogens is 2. The maximum Gasteiger partial charge on any atom is 0.230 e. The highest BCUT2D eigenvalue weighted by molar-refractivity contribution is 6.03. The van der Waals surface area contributed by atoms with Crippen molar-refractivity contribution in [2.75, 3.05) is 34.8 Å². The van der Waals surface area contributed by atoms with E-state index in [0.717, 1.165) is 24.5 Å². The summed E-state index contributed by atoms with van der Waals surface area (Å²) in [5.41, 5.74) is 2.90. The van der Waals surface area contributed by atoms with Gasteiger partial charge in [0.2, 0.25) is 11.8 Å². The van der Waals surface area contributed by atoms with Crippen LogP contribution in [0.5, 0.6) is 0 Å². The fourth-order valence-corrected chi connectivity index (χ4v) is 3.91. The third-order valence-electron chi connectivity index (χ3n) is 5.38. The molecule has 7 heteroatoms. The Balaban J connectivity index is 1.42. The minimum Gasteiger partial charge on any atom is -0.372 e. The van der Waals surface area contributed by atoms with E-state index >= 15 is 0 Å². The van der Waals surface area contributed by atoms with Gasteiger partial charge in [-0.3, -0.25) is 14.3 Å². The number of carbonyl (C=O) groups is 2. The Kier molecular flexibility index (Phi) is 4.59. The summed E-state index contributed by atoms with van der Waals surface area (Å²) in [5, 5.41) is 7.12. The summed E-state index contributed by atoms with van der Waals surface area (Å²) < 4.78 is 1.64. The summed E-state index contributed by atoms with van der Waals surface area (Å²) >= 11 is 0. The van der Waals surface area contributed by atoms with Crippen LogP contribution in [0.3, 0.4) is 0 Å². The monoisotopic (exact) mass is 367 g/mol. The molecule has 0 aliphatic carbocycles. The summed E-state index contributed by atoms with van der Waals surface area (Å²) in [7, 11) is 1.79. The zero-order valence-corrected chi connectivity index (χ0v) is 15.8. The van der Waals surface area contributed by atoms with Crippen molar-refractivity contribution in [1.82, 2.24) is 9.78 Å². The predicted octanol–water partition coefficient (Wildman–Crippen LogP) is 2.32. The van der Waals surface area contributed by atoms with Gasteiger partial charge in [-0.1, -0.05) is 0 Å². The first kappa shape index (κ1) is 17.6. The molecule has 2 aliphatic heterocycles. The molecule has 2 aromatic rings. The molecule has 7 nitrogen and oxygen atoms in total. The van der Waals surface area contributed by atoms with Crippen LogP contribution in [-0.2, 0) is 16.6 Å². The van der Waals surface area contributed by atoms with Gasteiger partial charge in [0.1, 0.15) is 5.82 Å². The molecule has 2 saturated heterocycles. The number of hydrogen-bond acceptors (Lipinski definition) is 4. The van der Waals surface area contributed by atoms with Crippen LogP contribution in [0.25, 0.3) is 0 Å². The molecule has 1 unspecified atom stereocenters. The molecule has 27 heavy (non-hydrogen) atoms. The molecule has 2 amide bonds. The highest BCUT2D eigenvalue weighted by atomic mass is 16.2. The standard InChI is InChI=1S/C20H25N5O2/c1-14-11-18(23(2)22-14)21-20(27)15-12-19(26)25(13-15)17-7-5-16(6-8-17)24-9-3-4-10-24/h5-8,11,15H,3-4,9-10,12-13H2,1-2H3,(H,21,27). The normalized spacial score (nSPS) is 19.8. The van der Waals surface area contributed by atoms with Crippen molar-refractivity contribution in [3.05, 3.63) is 36.0 Å². The number of nitrogens with one attached hydrogen (secondary N) is 1. The van der Waals surface area contributed by atoms with E-state index in [1.54, 1.807) is 16.6 Å². The van der Waals surface area contributed by atoms with E-state index in [-0.39, 0.29) is 24.2 Å². The Morgan fingerprint density at radius 2 is 1.81 bits per heavy atom. The first-order chi connectivity index (χ1) is 13.0. The maximum absolute atomic E-state index is 12.6. The van der Waals surface area contributed by atoms with E-state index < -0.39 is 0 Å². The minimum absolute atomic E-state index is 0.00902. The van der Waals surface area contributed by atoms with E-state index in [2.05, 4.69) is 27.4 Å². The molecular weight excluding hydrogens is 342 g/mol. The lowest BCUT2D eigenvalue weighted by atomic mass is 10.1. The van der Waals surface area contributed by atoms with Crippen molar-refractivity contribution in [2.45, 2.75) is 26.2 Å². The number of carbonyl (C=O) groups excluding carboxylic acids is 2. The molecule has 1 N–H and O–H groups in total. The van der Waals surface area contributed by atoms with Gasteiger partial charge >= 0.3 is 0 Å². The van der Waals surface area contributed by atoms with Crippen molar-refractivity contribution in [1.29, 1.82) is 0 Å². The number of aryl methyl sites for hydroxylation is 2. The van der Waals surface area contributed by atoms with Crippen LogP contribution in [0.4, 0.5) is 17.2 Å². The second-order valence-electron chi connectivity index (χ2n) is 7.40. The van der Waals surface area contributed by atoms with Gasteiger partial charge < -0.3 is 15.1 Å². The summed E-state index contributed by atoms with van der Waals surface area (Å²) in [6.07, 6.45) is 2.70. The molecule has 0 spiro atoms. The predicted molar refractivity (Wildman–Crippen MR) is 105 cm³/mol. The summed E-state index contributed by atoms with van der Waals surface area (Å²) in [4.78, 5) is 29.1. The van der Waals surface area contributed by atoms with Gasteiger partial charge in [-0.2, -0.15) is 5.10 Å².